The molecule has 2 heteroatoms. The minimum Gasteiger partial charge on any atom is -0.360 e. The number of allylic oxidation sites excluding steroid dienone is 1. The summed E-state index contributed by atoms with van der Waals surface area (Å²) in [6.07, 6.45) is 2.49. The van der Waals surface area contributed by atoms with Crippen molar-refractivity contribution < 1.29 is 4.52 Å². The minimum absolute atomic E-state index is 0.415. The summed E-state index contributed by atoms with van der Waals surface area (Å²) in [4.78, 5) is 0. The summed E-state index contributed by atoms with van der Waals surface area (Å²) in [6.45, 7) is 10.3. The van der Waals surface area contributed by atoms with Gasteiger partial charge >= 0.3 is 0 Å². The quantitative estimate of drug-likeness (QED) is 0.728. The monoisotopic (exact) mass is 191 g/mol. The molecule has 0 atom stereocenters. The first-order valence-corrected chi connectivity index (χ1v) is 5.26. The van der Waals surface area contributed by atoms with E-state index in [-0.39, 0.29) is 0 Å². The standard InChI is InChI=1S/C12H17NO/c1-7(2)10-11(8(3)4)13-14-12(10)9-5-6-9/h8-9H,1,5-6H2,2-4H3. The third-order valence-corrected chi connectivity index (χ3v) is 2.67. The molecule has 1 heterocycles. The Morgan fingerprint density at radius 1 is 1.50 bits per heavy atom. The first-order valence-electron chi connectivity index (χ1n) is 5.26. The molecule has 0 spiro atoms. The zero-order valence-electron chi connectivity index (χ0n) is 9.13. The molecule has 0 amide bonds. The van der Waals surface area contributed by atoms with Gasteiger partial charge in [-0.05, 0) is 31.3 Å². The van der Waals surface area contributed by atoms with E-state index in [1.807, 2.05) is 6.92 Å². The Bertz CT molecular complexity index is 339. The Hall–Kier alpha value is -1.05. The maximum absolute atomic E-state index is 5.43. The molecule has 0 aliphatic heterocycles. The van der Waals surface area contributed by atoms with Crippen molar-refractivity contribution in [1.29, 1.82) is 0 Å². The molecule has 0 N–H and O–H groups in total. The first-order chi connectivity index (χ1) is 6.61. The van der Waals surface area contributed by atoms with Crippen LogP contribution in [0.3, 0.4) is 0 Å². The van der Waals surface area contributed by atoms with E-state index >= 15 is 0 Å². The maximum Gasteiger partial charge on any atom is 0.147 e. The lowest BCUT2D eigenvalue weighted by Crippen LogP contribution is -1.93. The van der Waals surface area contributed by atoms with Gasteiger partial charge in [-0.1, -0.05) is 25.6 Å². The van der Waals surface area contributed by atoms with Gasteiger partial charge < -0.3 is 4.52 Å². The highest BCUT2D eigenvalue weighted by Gasteiger charge is 2.32. The zero-order valence-corrected chi connectivity index (χ0v) is 9.13. The molecule has 1 aromatic rings. The van der Waals surface area contributed by atoms with Crippen LogP contribution in [0.15, 0.2) is 11.1 Å². The summed E-state index contributed by atoms with van der Waals surface area (Å²) in [7, 11) is 0. The summed E-state index contributed by atoms with van der Waals surface area (Å²) >= 11 is 0. The van der Waals surface area contributed by atoms with Gasteiger partial charge in [0.1, 0.15) is 5.76 Å². The van der Waals surface area contributed by atoms with E-state index in [1.54, 1.807) is 0 Å². The fourth-order valence-electron chi connectivity index (χ4n) is 1.76. The molecule has 1 aliphatic rings. The maximum atomic E-state index is 5.43. The van der Waals surface area contributed by atoms with Crippen LogP contribution in [0.1, 0.15) is 62.5 Å². The highest BCUT2D eigenvalue weighted by molar-refractivity contribution is 5.66. The van der Waals surface area contributed by atoms with E-state index in [2.05, 4.69) is 25.6 Å². The van der Waals surface area contributed by atoms with Crippen molar-refractivity contribution in [2.45, 2.75) is 45.4 Å². The molecule has 76 valence electrons. The molecule has 0 unspecified atom stereocenters. The van der Waals surface area contributed by atoms with Crippen LogP contribution < -0.4 is 0 Å². The molecule has 1 fully saturated rings. The molecule has 0 aromatic carbocycles. The molecular formula is C12H17NO. The topological polar surface area (TPSA) is 26.0 Å². The van der Waals surface area contributed by atoms with Crippen LogP contribution in [0.25, 0.3) is 5.57 Å². The minimum atomic E-state index is 0.415. The Balaban J connectivity index is 2.46. The lowest BCUT2D eigenvalue weighted by atomic mass is 9.98. The van der Waals surface area contributed by atoms with Crippen LogP contribution in [0.5, 0.6) is 0 Å². The van der Waals surface area contributed by atoms with Gasteiger partial charge in [-0.15, -0.1) is 0 Å². The van der Waals surface area contributed by atoms with E-state index in [0.29, 0.717) is 11.8 Å². The largest absolute Gasteiger partial charge is 0.360 e. The van der Waals surface area contributed by atoms with E-state index in [1.165, 1.54) is 18.4 Å². The lowest BCUT2D eigenvalue weighted by Gasteiger charge is -2.04. The van der Waals surface area contributed by atoms with Crippen molar-refractivity contribution in [3.05, 3.63) is 23.6 Å². The fourth-order valence-corrected chi connectivity index (χ4v) is 1.76. The van der Waals surface area contributed by atoms with Gasteiger partial charge in [0.15, 0.2) is 0 Å². The molecule has 0 bridgehead atoms. The molecule has 1 aromatic heterocycles. The highest BCUT2D eigenvalue weighted by Crippen LogP contribution is 2.44. The van der Waals surface area contributed by atoms with E-state index in [0.717, 1.165) is 17.0 Å². The summed E-state index contributed by atoms with van der Waals surface area (Å²) in [5.74, 6) is 2.10. The van der Waals surface area contributed by atoms with Gasteiger partial charge in [-0.3, -0.25) is 0 Å². The Kier molecular flexibility index (Phi) is 2.22. The number of nitrogens with zero attached hydrogens (tertiary/aromatic N) is 1. The van der Waals surface area contributed by atoms with E-state index in [9.17, 15) is 0 Å². The van der Waals surface area contributed by atoms with Gasteiger partial charge in [-0.2, -0.15) is 0 Å². The number of aromatic nitrogens is 1. The van der Waals surface area contributed by atoms with Gasteiger partial charge in [0.05, 0.1) is 5.69 Å². The molecular weight excluding hydrogens is 174 g/mol. The van der Waals surface area contributed by atoms with Gasteiger partial charge in [0.25, 0.3) is 0 Å². The average molecular weight is 191 g/mol. The summed E-state index contributed by atoms with van der Waals surface area (Å²) < 4.78 is 5.43. The van der Waals surface area contributed by atoms with Crippen LogP contribution in [-0.4, -0.2) is 5.16 Å². The van der Waals surface area contributed by atoms with Crippen LogP contribution in [0.4, 0.5) is 0 Å². The van der Waals surface area contributed by atoms with Gasteiger partial charge in [0.2, 0.25) is 0 Å². The molecule has 2 rings (SSSR count). The second kappa shape index (κ2) is 3.26. The predicted molar refractivity (Wildman–Crippen MR) is 57.3 cm³/mol. The molecule has 0 saturated heterocycles. The predicted octanol–water partition coefficient (Wildman–Crippen LogP) is 3.71. The van der Waals surface area contributed by atoms with Crippen LogP contribution in [-0.2, 0) is 0 Å². The summed E-state index contributed by atoms with van der Waals surface area (Å²) in [5, 5.41) is 4.16. The van der Waals surface area contributed by atoms with Crippen LogP contribution in [0.2, 0.25) is 0 Å². The van der Waals surface area contributed by atoms with E-state index < -0.39 is 0 Å². The molecule has 0 radical (unpaired) electrons. The van der Waals surface area contributed by atoms with Crippen molar-refractivity contribution in [3.63, 3.8) is 0 Å². The highest BCUT2D eigenvalue weighted by atomic mass is 16.5. The van der Waals surface area contributed by atoms with Crippen molar-refractivity contribution in [1.82, 2.24) is 5.16 Å². The second-order valence-corrected chi connectivity index (χ2v) is 4.52. The Labute approximate surface area is 85.0 Å². The number of hydrogen-bond donors (Lipinski definition) is 0. The second-order valence-electron chi connectivity index (χ2n) is 4.52. The SMILES string of the molecule is C=C(C)c1c(C(C)C)noc1C1CC1. The van der Waals surface area contributed by atoms with E-state index in [4.69, 9.17) is 4.52 Å². The summed E-state index contributed by atoms with van der Waals surface area (Å²) in [6, 6.07) is 0. The molecule has 2 nitrogen and oxygen atoms in total. The zero-order chi connectivity index (χ0) is 10.3. The lowest BCUT2D eigenvalue weighted by molar-refractivity contribution is 0.375. The summed E-state index contributed by atoms with van der Waals surface area (Å²) in [5.41, 5.74) is 3.33. The van der Waals surface area contributed by atoms with Gasteiger partial charge in [-0.25, -0.2) is 0 Å². The normalized spacial score (nSPS) is 16.3. The van der Waals surface area contributed by atoms with Crippen molar-refractivity contribution in [2.75, 3.05) is 0 Å². The fraction of sp³-hybridized carbons (Fsp3) is 0.583. The van der Waals surface area contributed by atoms with Crippen LogP contribution in [0, 0.1) is 0 Å². The Morgan fingerprint density at radius 2 is 2.14 bits per heavy atom. The van der Waals surface area contributed by atoms with Crippen molar-refractivity contribution in [3.8, 4) is 0 Å². The smallest absolute Gasteiger partial charge is 0.147 e. The average Bonchev–Trinajstić information content (AvgIpc) is 2.83. The third kappa shape index (κ3) is 1.49. The molecule has 1 saturated carbocycles. The third-order valence-electron chi connectivity index (χ3n) is 2.67. The number of hydrogen-bond acceptors (Lipinski definition) is 2. The Morgan fingerprint density at radius 3 is 2.57 bits per heavy atom. The van der Waals surface area contributed by atoms with Crippen molar-refractivity contribution in [2.24, 2.45) is 0 Å². The van der Waals surface area contributed by atoms with Gasteiger partial charge in [0, 0.05) is 11.5 Å². The van der Waals surface area contributed by atoms with Crippen LogP contribution >= 0.6 is 0 Å². The molecule has 14 heavy (non-hydrogen) atoms. The number of rotatable bonds is 3. The molecule has 1 aliphatic carbocycles. The van der Waals surface area contributed by atoms with Crippen molar-refractivity contribution >= 4 is 5.57 Å². The first kappa shape index (κ1) is 9.50.